The monoisotopic (exact) mass is 275 g/mol. The summed E-state index contributed by atoms with van der Waals surface area (Å²) in [5.74, 6) is 1.04. The van der Waals surface area contributed by atoms with Crippen molar-refractivity contribution >= 4 is 0 Å². The highest BCUT2D eigenvalue weighted by atomic mass is 16.5. The minimum absolute atomic E-state index is 0.111. The summed E-state index contributed by atoms with van der Waals surface area (Å²) >= 11 is 0. The number of hydrogen-bond acceptors (Lipinski definition) is 4. The van der Waals surface area contributed by atoms with Gasteiger partial charge in [0.25, 0.3) is 0 Å². The molecule has 110 valence electrons. The van der Waals surface area contributed by atoms with Gasteiger partial charge in [-0.15, -0.1) is 0 Å². The fourth-order valence-electron chi connectivity index (χ4n) is 3.22. The van der Waals surface area contributed by atoms with E-state index in [0.29, 0.717) is 6.04 Å². The zero-order valence-corrected chi connectivity index (χ0v) is 12.5. The van der Waals surface area contributed by atoms with Gasteiger partial charge in [0.1, 0.15) is 5.75 Å². The van der Waals surface area contributed by atoms with Crippen LogP contribution in [0.25, 0.3) is 0 Å². The van der Waals surface area contributed by atoms with Gasteiger partial charge in [-0.25, -0.2) is 0 Å². The van der Waals surface area contributed by atoms with Gasteiger partial charge in [-0.05, 0) is 37.7 Å². The second-order valence-electron chi connectivity index (χ2n) is 6.20. The van der Waals surface area contributed by atoms with E-state index < -0.39 is 0 Å². The van der Waals surface area contributed by atoms with Crippen molar-refractivity contribution in [1.82, 2.24) is 9.80 Å². The second-order valence-corrected chi connectivity index (χ2v) is 6.20. The third kappa shape index (κ3) is 2.82. The first-order valence-corrected chi connectivity index (χ1v) is 7.53. The average Bonchev–Trinajstić information content (AvgIpc) is 2.90. The third-order valence-electron chi connectivity index (χ3n) is 4.65. The summed E-state index contributed by atoms with van der Waals surface area (Å²) in [4.78, 5) is 4.84. The molecular formula is C16H25N3O. The molecule has 0 spiro atoms. The molecule has 20 heavy (non-hydrogen) atoms. The lowest BCUT2D eigenvalue weighted by molar-refractivity contribution is 0.104. The van der Waals surface area contributed by atoms with Crippen molar-refractivity contribution in [3.8, 4) is 5.75 Å². The van der Waals surface area contributed by atoms with Crippen LogP contribution in [0.3, 0.4) is 0 Å². The predicted molar refractivity (Wildman–Crippen MR) is 81.1 cm³/mol. The normalized spacial score (nSPS) is 25.2. The fraction of sp³-hybridized carbons (Fsp3) is 0.625. The number of likely N-dealkylation sites (N-methyl/N-ethyl adjacent to an activating group) is 2. The molecule has 1 aromatic rings. The van der Waals surface area contributed by atoms with E-state index in [1.807, 2.05) is 0 Å². The highest BCUT2D eigenvalue weighted by Crippen LogP contribution is 2.29. The SMILES string of the molecule is CN1CCN(C)C(CC(N)c2ccc3c(c2)CCO3)C1. The number of fused-ring (bicyclic) bond motifs is 1. The molecule has 2 aliphatic rings. The Bertz CT molecular complexity index is 477. The summed E-state index contributed by atoms with van der Waals surface area (Å²) in [6, 6.07) is 7.10. The smallest absolute Gasteiger partial charge is 0.122 e. The maximum absolute atomic E-state index is 6.44. The largest absolute Gasteiger partial charge is 0.493 e. The summed E-state index contributed by atoms with van der Waals surface area (Å²) in [6.45, 7) is 4.20. The Hall–Kier alpha value is -1.10. The fourth-order valence-corrected chi connectivity index (χ4v) is 3.22. The highest BCUT2D eigenvalue weighted by molar-refractivity contribution is 5.40. The quantitative estimate of drug-likeness (QED) is 0.902. The topological polar surface area (TPSA) is 41.7 Å². The van der Waals surface area contributed by atoms with Crippen LogP contribution in [-0.4, -0.2) is 56.2 Å². The van der Waals surface area contributed by atoms with E-state index in [0.717, 1.165) is 44.8 Å². The van der Waals surface area contributed by atoms with E-state index in [9.17, 15) is 0 Å². The number of rotatable bonds is 3. The molecule has 2 atom stereocenters. The summed E-state index contributed by atoms with van der Waals surface area (Å²) in [5.41, 5.74) is 9.00. The van der Waals surface area contributed by atoms with Crippen molar-refractivity contribution in [3.05, 3.63) is 29.3 Å². The Morgan fingerprint density at radius 3 is 3.05 bits per heavy atom. The Balaban J connectivity index is 1.68. The summed E-state index contributed by atoms with van der Waals surface area (Å²) in [5, 5.41) is 0. The minimum atomic E-state index is 0.111. The molecule has 2 N–H and O–H groups in total. The molecule has 1 aromatic carbocycles. The van der Waals surface area contributed by atoms with Crippen LogP contribution in [0.15, 0.2) is 18.2 Å². The molecule has 0 radical (unpaired) electrons. The van der Waals surface area contributed by atoms with Crippen molar-refractivity contribution in [2.45, 2.75) is 24.9 Å². The van der Waals surface area contributed by atoms with Crippen LogP contribution >= 0.6 is 0 Å². The number of hydrogen-bond donors (Lipinski definition) is 1. The lowest BCUT2D eigenvalue weighted by Gasteiger charge is -2.38. The zero-order valence-electron chi connectivity index (χ0n) is 12.5. The van der Waals surface area contributed by atoms with Gasteiger partial charge >= 0.3 is 0 Å². The molecule has 0 saturated carbocycles. The minimum Gasteiger partial charge on any atom is -0.493 e. The molecule has 0 aliphatic carbocycles. The van der Waals surface area contributed by atoms with Gasteiger partial charge in [0.05, 0.1) is 6.61 Å². The number of benzene rings is 1. The maximum Gasteiger partial charge on any atom is 0.122 e. The molecular weight excluding hydrogens is 250 g/mol. The zero-order chi connectivity index (χ0) is 14.1. The van der Waals surface area contributed by atoms with E-state index >= 15 is 0 Å². The first kappa shape index (κ1) is 13.9. The van der Waals surface area contributed by atoms with Gasteiger partial charge < -0.3 is 20.3 Å². The average molecular weight is 275 g/mol. The Morgan fingerprint density at radius 2 is 2.20 bits per heavy atom. The van der Waals surface area contributed by atoms with Crippen molar-refractivity contribution < 1.29 is 4.74 Å². The molecule has 4 heteroatoms. The Morgan fingerprint density at radius 1 is 1.35 bits per heavy atom. The van der Waals surface area contributed by atoms with Crippen LogP contribution in [0.1, 0.15) is 23.6 Å². The molecule has 2 aliphatic heterocycles. The maximum atomic E-state index is 6.44. The predicted octanol–water partition coefficient (Wildman–Crippen LogP) is 1.26. The second kappa shape index (κ2) is 5.72. The van der Waals surface area contributed by atoms with Gasteiger partial charge in [0.2, 0.25) is 0 Å². The Kier molecular flexibility index (Phi) is 3.96. The van der Waals surface area contributed by atoms with Crippen LogP contribution in [0.5, 0.6) is 5.75 Å². The van der Waals surface area contributed by atoms with Gasteiger partial charge in [0, 0.05) is 38.1 Å². The van der Waals surface area contributed by atoms with Crippen LogP contribution in [0, 0.1) is 0 Å². The highest BCUT2D eigenvalue weighted by Gasteiger charge is 2.25. The van der Waals surface area contributed by atoms with Gasteiger partial charge in [-0.2, -0.15) is 0 Å². The molecule has 2 heterocycles. The van der Waals surface area contributed by atoms with Crippen molar-refractivity contribution in [1.29, 1.82) is 0 Å². The molecule has 3 rings (SSSR count). The van der Waals surface area contributed by atoms with E-state index in [2.05, 4.69) is 42.1 Å². The van der Waals surface area contributed by atoms with E-state index in [1.54, 1.807) is 0 Å². The summed E-state index contributed by atoms with van der Waals surface area (Å²) in [7, 11) is 4.40. The van der Waals surface area contributed by atoms with Gasteiger partial charge in [-0.3, -0.25) is 0 Å². The first-order chi connectivity index (χ1) is 9.63. The number of ether oxygens (including phenoxy) is 1. The molecule has 4 nitrogen and oxygen atoms in total. The third-order valence-corrected chi connectivity index (χ3v) is 4.65. The van der Waals surface area contributed by atoms with Crippen LogP contribution < -0.4 is 10.5 Å². The molecule has 0 bridgehead atoms. The molecule has 2 unspecified atom stereocenters. The Labute approximate surface area is 121 Å². The number of nitrogens with two attached hydrogens (primary N) is 1. The van der Waals surface area contributed by atoms with Crippen LogP contribution in [-0.2, 0) is 6.42 Å². The molecule has 1 saturated heterocycles. The number of nitrogens with zero attached hydrogens (tertiary/aromatic N) is 2. The molecule has 0 aromatic heterocycles. The number of piperazine rings is 1. The molecule has 0 amide bonds. The van der Waals surface area contributed by atoms with Crippen molar-refractivity contribution in [2.75, 3.05) is 40.3 Å². The van der Waals surface area contributed by atoms with Crippen LogP contribution in [0.4, 0.5) is 0 Å². The van der Waals surface area contributed by atoms with Gasteiger partial charge in [0.15, 0.2) is 0 Å². The summed E-state index contributed by atoms with van der Waals surface area (Å²) < 4.78 is 5.56. The van der Waals surface area contributed by atoms with E-state index in [4.69, 9.17) is 10.5 Å². The first-order valence-electron chi connectivity index (χ1n) is 7.53. The van der Waals surface area contributed by atoms with E-state index in [-0.39, 0.29) is 6.04 Å². The van der Waals surface area contributed by atoms with Crippen molar-refractivity contribution in [2.24, 2.45) is 5.73 Å². The lowest BCUT2D eigenvalue weighted by Crippen LogP contribution is -2.50. The standard InChI is InChI=1S/C16H25N3O/c1-18-6-7-19(2)14(11-18)10-15(17)12-3-4-16-13(9-12)5-8-20-16/h3-4,9,14-15H,5-8,10-11,17H2,1-2H3. The van der Waals surface area contributed by atoms with Gasteiger partial charge in [-0.1, -0.05) is 12.1 Å². The summed E-state index contributed by atoms with van der Waals surface area (Å²) in [6.07, 6.45) is 2.03. The van der Waals surface area contributed by atoms with Crippen molar-refractivity contribution in [3.63, 3.8) is 0 Å². The van der Waals surface area contributed by atoms with E-state index in [1.165, 1.54) is 11.1 Å². The lowest BCUT2D eigenvalue weighted by atomic mass is 9.96. The van der Waals surface area contributed by atoms with Crippen LogP contribution in [0.2, 0.25) is 0 Å². The molecule has 1 fully saturated rings.